The van der Waals surface area contributed by atoms with Crippen molar-refractivity contribution in [1.82, 2.24) is 4.57 Å². The van der Waals surface area contributed by atoms with E-state index in [1.54, 1.807) is 6.07 Å². The van der Waals surface area contributed by atoms with Crippen molar-refractivity contribution in [2.24, 2.45) is 7.05 Å². The molecule has 15 heavy (non-hydrogen) atoms. The topological polar surface area (TPSA) is 4.93 Å². The van der Waals surface area contributed by atoms with Gasteiger partial charge in [-0.1, -0.05) is 12.1 Å². The molecule has 0 aliphatic heterocycles. The minimum Gasteiger partial charge on any atom is -0.345 e. The zero-order chi connectivity index (χ0) is 10.4. The van der Waals surface area contributed by atoms with Crippen LogP contribution in [-0.2, 0) is 19.9 Å². The summed E-state index contributed by atoms with van der Waals surface area (Å²) in [6, 6.07) is 5.41. The summed E-state index contributed by atoms with van der Waals surface area (Å²) in [5.41, 5.74) is 3.49. The van der Waals surface area contributed by atoms with Crippen LogP contribution in [0.3, 0.4) is 0 Å². The molecule has 0 bridgehead atoms. The Morgan fingerprint density at radius 2 is 2.00 bits per heavy atom. The van der Waals surface area contributed by atoms with E-state index in [2.05, 4.69) is 0 Å². The summed E-state index contributed by atoms with van der Waals surface area (Å²) in [5.74, 6) is -0.0931. The lowest BCUT2D eigenvalue weighted by Gasteiger charge is -2.12. The van der Waals surface area contributed by atoms with Crippen LogP contribution in [0.2, 0.25) is 0 Å². The molecule has 2 heteroatoms. The second kappa shape index (κ2) is 3.09. The van der Waals surface area contributed by atoms with E-state index in [0.29, 0.717) is 0 Å². The molecule has 0 unspecified atom stereocenters. The maximum Gasteiger partial charge on any atom is 0.147 e. The summed E-state index contributed by atoms with van der Waals surface area (Å²) in [5, 5.41) is 1.12. The molecular weight excluding hydrogens is 189 g/mol. The molecule has 1 aromatic carbocycles. The van der Waals surface area contributed by atoms with Gasteiger partial charge in [0.25, 0.3) is 0 Å². The standard InChI is InChI=1S/C13H14FN/c1-15-12-8-3-2-5-9(12)10-6-4-7-11(14)13(10)15/h4,6-7H,2-3,5,8H2,1H3. The quantitative estimate of drug-likeness (QED) is 0.619. The third-order valence-corrected chi connectivity index (χ3v) is 3.49. The number of nitrogens with zero attached hydrogens (tertiary/aromatic N) is 1. The van der Waals surface area contributed by atoms with E-state index < -0.39 is 0 Å². The number of hydrogen-bond donors (Lipinski definition) is 0. The lowest BCUT2D eigenvalue weighted by atomic mass is 9.96. The molecule has 0 N–H and O–H groups in total. The van der Waals surface area contributed by atoms with Crippen molar-refractivity contribution in [3.05, 3.63) is 35.3 Å². The lowest BCUT2D eigenvalue weighted by molar-refractivity contribution is 0.623. The summed E-state index contributed by atoms with van der Waals surface area (Å²) in [6.07, 6.45) is 4.68. The van der Waals surface area contributed by atoms with Gasteiger partial charge in [-0.25, -0.2) is 4.39 Å². The van der Waals surface area contributed by atoms with E-state index in [9.17, 15) is 4.39 Å². The first-order valence-corrected chi connectivity index (χ1v) is 5.53. The van der Waals surface area contributed by atoms with Crippen LogP contribution in [0.1, 0.15) is 24.1 Å². The van der Waals surface area contributed by atoms with Gasteiger partial charge in [-0.2, -0.15) is 0 Å². The highest BCUT2D eigenvalue weighted by Crippen LogP contribution is 2.32. The van der Waals surface area contributed by atoms with E-state index in [1.807, 2.05) is 23.7 Å². The van der Waals surface area contributed by atoms with Gasteiger partial charge in [0.15, 0.2) is 0 Å². The first kappa shape index (κ1) is 8.96. The molecule has 1 heterocycles. The van der Waals surface area contributed by atoms with Crippen LogP contribution in [-0.4, -0.2) is 4.57 Å². The zero-order valence-corrected chi connectivity index (χ0v) is 8.89. The second-order valence-electron chi connectivity index (χ2n) is 4.33. The van der Waals surface area contributed by atoms with Gasteiger partial charge in [-0.05, 0) is 37.3 Å². The Balaban J connectivity index is 2.44. The third kappa shape index (κ3) is 1.14. The van der Waals surface area contributed by atoms with Gasteiger partial charge in [-0.15, -0.1) is 0 Å². The molecule has 0 saturated heterocycles. The minimum atomic E-state index is -0.0931. The molecule has 1 aromatic heterocycles. The molecule has 1 nitrogen and oxygen atoms in total. The third-order valence-electron chi connectivity index (χ3n) is 3.49. The van der Waals surface area contributed by atoms with Crippen LogP contribution < -0.4 is 0 Å². The van der Waals surface area contributed by atoms with E-state index in [-0.39, 0.29) is 5.82 Å². The number of para-hydroxylation sites is 1. The average molecular weight is 203 g/mol. The first-order chi connectivity index (χ1) is 7.29. The van der Waals surface area contributed by atoms with E-state index in [0.717, 1.165) is 23.7 Å². The molecule has 0 spiro atoms. The number of fused-ring (bicyclic) bond motifs is 3. The van der Waals surface area contributed by atoms with Crippen LogP contribution in [0.25, 0.3) is 10.9 Å². The summed E-state index contributed by atoms with van der Waals surface area (Å²) in [6.45, 7) is 0. The van der Waals surface area contributed by atoms with Gasteiger partial charge in [0, 0.05) is 18.1 Å². The Kier molecular flexibility index (Phi) is 1.84. The van der Waals surface area contributed by atoms with Gasteiger partial charge in [0.1, 0.15) is 5.82 Å². The molecule has 1 aliphatic rings. The molecule has 78 valence electrons. The summed E-state index contributed by atoms with van der Waals surface area (Å²) in [4.78, 5) is 0. The fourth-order valence-electron chi connectivity index (χ4n) is 2.78. The van der Waals surface area contributed by atoms with E-state index >= 15 is 0 Å². The predicted molar refractivity (Wildman–Crippen MR) is 59.5 cm³/mol. The fourth-order valence-corrected chi connectivity index (χ4v) is 2.78. The molecule has 0 amide bonds. The predicted octanol–water partition coefficient (Wildman–Crippen LogP) is 3.20. The number of aryl methyl sites for hydroxylation is 2. The number of rotatable bonds is 0. The highest BCUT2D eigenvalue weighted by Gasteiger charge is 2.19. The van der Waals surface area contributed by atoms with Crippen molar-refractivity contribution in [2.75, 3.05) is 0 Å². The Morgan fingerprint density at radius 3 is 2.87 bits per heavy atom. The molecule has 3 rings (SSSR count). The fraction of sp³-hybridized carbons (Fsp3) is 0.385. The van der Waals surface area contributed by atoms with Crippen molar-refractivity contribution in [3.63, 3.8) is 0 Å². The molecule has 0 saturated carbocycles. The van der Waals surface area contributed by atoms with Crippen molar-refractivity contribution in [1.29, 1.82) is 0 Å². The van der Waals surface area contributed by atoms with Crippen LogP contribution in [0.4, 0.5) is 4.39 Å². The summed E-state index contributed by atoms with van der Waals surface area (Å²) >= 11 is 0. The molecule has 0 atom stereocenters. The number of aromatic nitrogens is 1. The van der Waals surface area contributed by atoms with Crippen molar-refractivity contribution >= 4 is 10.9 Å². The number of halogens is 1. The second-order valence-corrected chi connectivity index (χ2v) is 4.33. The molecular formula is C13H14FN. The van der Waals surface area contributed by atoms with E-state index in [4.69, 9.17) is 0 Å². The normalized spacial score (nSPS) is 15.6. The Labute approximate surface area is 88.5 Å². The Bertz CT molecular complexity index is 525. The van der Waals surface area contributed by atoms with Crippen molar-refractivity contribution in [2.45, 2.75) is 25.7 Å². The lowest BCUT2D eigenvalue weighted by Crippen LogP contribution is -2.05. The van der Waals surface area contributed by atoms with Gasteiger partial charge >= 0.3 is 0 Å². The van der Waals surface area contributed by atoms with Gasteiger partial charge in [-0.3, -0.25) is 0 Å². The Morgan fingerprint density at radius 1 is 1.20 bits per heavy atom. The van der Waals surface area contributed by atoms with Crippen molar-refractivity contribution < 1.29 is 4.39 Å². The van der Waals surface area contributed by atoms with Crippen LogP contribution in [0.5, 0.6) is 0 Å². The minimum absolute atomic E-state index is 0.0931. The van der Waals surface area contributed by atoms with Gasteiger partial charge < -0.3 is 4.57 Å². The molecule has 0 radical (unpaired) electrons. The SMILES string of the molecule is Cn1c2c(c3cccc(F)c31)CCCC2. The average Bonchev–Trinajstić information content (AvgIpc) is 2.55. The smallest absolute Gasteiger partial charge is 0.147 e. The zero-order valence-electron chi connectivity index (χ0n) is 8.89. The van der Waals surface area contributed by atoms with Crippen LogP contribution in [0, 0.1) is 5.82 Å². The largest absolute Gasteiger partial charge is 0.345 e. The molecule has 2 aromatic rings. The number of benzene rings is 1. The van der Waals surface area contributed by atoms with Crippen LogP contribution >= 0.6 is 0 Å². The maximum atomic E-state index is 13.7. The molecule has 0 fully saturated rings. The van der Waals surface area contributed by atoms with Crippen LogP contribution in [0.15, 0.2) is 18.2 Å². The monoisotopic (exact) mass is 203 g/mol. The van der Waals surface area contributed by atoms with Crippen molar-refractivity contribution in [3.8, 4) is 0 Å². The highest BCUT2D eigenvalue weighted by atomic mass is 19.1. The first-order valence-electron chi connectivity index (χ1n) is 5.53. The van der Waals surface area contributed by atoms with E-state index in [1.165, 1.54) is 24.1 Å². The maximum absolute atomic E-state index is 13.7. The number of hydrogen-bond acceptors (Lipinski definition) is 0. The van der Waals surface area contributed by atoms with Gasteiger partial charge in [0.05, 0.1) is 5.52 Å². The summed E-state index contributed by atoms with van der Waals surface area (Å²) in [7, 11) is 1.98. The highest BCUT2D eigenvalue weighted by molar-refractivity contribution is 5.86. The van der Waals surface area contributed by atoms with Gasteiger partial charge in [0.2, 0.25) is 0 Å². The molecule has 1 aliphatic carbocycles. The summed E-state index contributed by atoms with van der Waals surface area (Å²) < 4.78 is 15.8. The Hall–Kier alpha value is -1.31.